The number of nitrogens with zero attached hydrogens (tertiary/aromatic N) is 1. The molecule has 0 atom stereocenters. The zero-order chi connectivity index (χ0) is 23.1. The number of primary amides is 1. The molecule has 1 saturated carbocycles. The fourth-order valence-corrected chi connectivity index (χ4v) is 4.82. The minimum Gasteiger partial charge on any atom is -0.485 e. The van der Waals surface area contributed by atoms with Gasteiger partial charge in [-0.15, -0.1) is 0 Å². The summed E-state index contributed by atoms with van der Waals surface area (Å²) in [7, 11) is 0. The molecule has 1 aliphatic carbocycles. The van der Waals surface area contributed by atoms with Crippen LogP contribution >= 0.6 is 27.5 Å². The highest BCUT2D eigenvalue weighted by molar-refractivity contribution is 9.09. The molecule has 0 spiro atoms. The number of rotatable bonds is 8. The summed E-state index contributed by atoms with van der Waals surface area (Å²) in [4.78, 5) is 25.2. The van der Waals surface area contributed by atoms with E-state index in [1.807, 2.05) is 18.3 Å². The third kappa shape index (κ3) is 4.37. The van der Waals surface area contributed by atoms with Crippen LogP contribution in [-0.4, -0.2) is 28.2 Å². The molecule has 3 aromatic carbocycles. The number of benzene rings is 3. The number of Topliss-reactive ketones (excluding diaryl/α,β-unsaturated/α-hetero) is 1. The zero-order valence-electron chi connectivity index (χ0n) is 17.8. The molecule has 1 amide bonds. The lowest BCUT2D eigenvalue weighted by Gasteiger charge is -2.11. The summed E-state index contributed by atoms with van der Waals surface area (Å²) in [6.45, 7) is 0.564. The number of hydrogen-bond donors (Lipinski definition) is 1. The average Bonchev–Trinajstić information content (AvgIpc) is 3.59. The highest BCUT2D eigenvalue weighted by Gasteiger charge is 2.25. The lowest BCUT2D eigenvalue weighted by atomic mass is 10.0. The molecule has 5 nitrogen and oxygen atoms in total. The molecule has 168 valence electrons. The highest BCUT2D eigenvalue weighted by atomic mass is 79.9. The van der Waals surface area contributed by atoms with Crippen LogP contribution < -0.4 is 10.5 Å². The van der Waals surface area contributed by atoms with Crippen LogP contribution in [0, 0.1) is 0 Å². The third-order valence-electron chi connectivity index (χ3n) is 6.11. The van der Waals surface area contributed by atoms with Gasteiger partial charge in [-0.2, -0.15) is 0 Å². The van der Waals surface area contributed by atoms with E-state index in [1.165, 1.54) is 18.4 Å². The monoisotopic (exact) mass is 524 g/mol. The molecule has 2 N–H and O–H groups in total. The van der Waals surface area contributed by atoms with Crippen LogP contribution in [0.25, 0.3) is 21.7 Å². The molecular formula is C26H22BrClN2O3. The Morgan fingerprint density at radius 1 is 1.06 bits per heavy atom. The summed E-state index contributed by atoms with van der Waals surface area (Å²) in [5.74, 6) is 0.144. The van der Waals surface area contributed by atoms with Gasteiger partial charge in [-0.1, -0.05) is 45.7 Å². The van der Waals surface area contributed by atoms with Gasteiger partial charge in [0.15, 0.2) is 6.61 Å². The topological polar surface area (TPSA) is 74.3 Å². The van der Waals surface area contributed by atoms with Crippen LogP contribution in [0.3, 0.4) is 0 Å². The molecule has 1 aromatic heterocycles. The van der Waals surface area contributed by atoms with Crippen LogP contribution in [0.5, 0.6) is 5.75 Å². The molecule has 7 heteroatoms. The van der Waals surface area contributed by atoms with Crippen molar-refractivity contribution in [3.05, 3.63) is 76.4 Å². The summed E-state index contributed by atoms with van der Waals surface area (Å²) >= 11 is 9.57. The third-order valence-corrected chi connectivity index (χ3v) is 6.70. The molecular weight excluding hydrogens is 504 g/mol. The molecule has 1 aliphatic rings. The summed E-state index contributed by atoms with van der Waals surface area (Å²) < 4.78 is 7.95. The zero-order valence-corrected chi connectivity index (χ0v) is 20.2. The van der Waals surface area contributed by atoms with Crippen molar-refractivity contribution in [1.29, 1.82) is 0 Å². The van der Waals surface area contributed by atoms with Crippen molar-refractivity contribution < 1.29 is 14.3 Å². The Hall–Kier alpha value is -2.83. The SMILES string of the molecule is NC(=O)c1cc2cc(Cl)ccc2cc1OCC(=O)c1cn(CCBr)c2cc(C3CC3)ccc12. The van der Waals surface area contributed by atoms with Crippen LogP contribution in [0.1, 0.15) is 45.0 Å². The first-order valence-corrected chi connectivity index (χ1v) is 12.3. The number of carbonyl (C=O) groups is 2. The van der Waals surface area contributed by atoms with Crippen LogP contribution in [0.15, 0.2) is 54.7 Å². The van der Waals surface area contributed by atoms with Crippen molar-refractivity contribution in [3.63, 3.8) is 0 Å². The maximum Gasteiger partial charge on any atom is 0.252 e. The summed E-state index contributed by atoms with van der Waals surface area (Å²) in [6.07, 6.45) is 4.35. The van der Waals surface area contributed by atoms with Crippen molar-refractivity contribution in [2.24, 2.45) is 5.73 Å². The van der Waals surface area contributed by atoms with Crippen molar-refractivity contribution >= 4 is 60.9 Å². The quantitative estimate of drug-likeness (QED) is 0.224. The first-order valence-electron chi connectivity index (χ1n) is 10.8. The molecule has 0 unspecified atom stereocenters. The number of alkyl halides is 1. The number of halogens is 2. The lowest BCUT2D eigenvalue weighted by molar-refractivity contribution is 0.0913. The van der Waals surface area contributed by atoms with Crippen molar-refractivity contribution in [2.45, 2.75) is 25.3 Å². The van der Waals surface area contributed by atoms with E-state index < -0.39 is 5.91 Å². The number of hydrogen-bond acceptors (Lipinski definition) is 3. The molecule has 0 saturated heterocycles. The normalized spacial score (nSPS) is 13.5. The second-order valence-corrected chi connectivity index (χ2v) is 9.62. The maximum atomic E-state index is 13.2. The molecule has 0 bridgehead atoms. The van der Waals surface area contributed by atoms with E-state index in [4.69, 9.17) is 22.1 Å². The molecule has 1 heterocycles. The van der Waals surface area contributed by atoms with Crippen LogP contribution in [-0.2, 0) is 6.54 Å². The number of ketones is 1. The standard InChI is InChI=1S/C26H22BrClN2O3/c27-7-8-30-13-22(20-6-4-16(11-23(20)30)15-1-2-15)24(31)14-33-25-12-17-3-5-19(28)9-18(17)10-21(25)26(29)32/h3-6,9-13,15H,1-2,7-8,14H2,(H2,29,32). The first-order chi connectivity index (χ1) is 15.9. The number of carbonyl (C=O) groups excluding carboxylic acids is 2. The van der Waals surface area contributed by atoms with Crippen molar-refractivity contribution in [1.82, 2.24) is 4.57 Å². The van der Waals surface area contributed by atoms with E-state index in [-0.39, 0.29) is 23.7 Å². The van der Waals surface area contributed by atoms with Gasteiger partial charge < -0.3 is 15.0 Å². The van der Waals surface area contributed by atoms with Gasteiger partial charge in [0.1, 0.15) is 5.75 Å². The second kappa shape index (κ2) is 8.84. The van der Waals surface area contributed by atoms with Gasteiger partial charge in [0.2, 0.25) is 5.78 Å². The average molecular weight is 526 g/mol. The summed E-state index contributed by atoms with van der Waals surface area (Å²) in [5, 5.41) is 3.88. The van der Waals surface area contributed by atoms with Crippen LogP contribution in [0.4, 0.5) is 0 Å². The van der Waals surface area contributed by atoms with E-state index in [0.29, 0.717) is 16.5 Å². The maximum absolute atomic E-state index is 13.2. The van der Waals surface area contributed by atoms with Gasteiger partial charge in [-0.3, -0.25) is 9.59 Å². The van der Waals surface area contributed by atoms with Gasteiger partial charge in [-0.05, 0) is 65.4 Å². The Morgan fingerprint density at radius 3 is 2.61 bits per heavy atom. The molecule has 4 aromatic rings. The van der Waals surface area contributed by atoms with E-state index in [0.717, 1.165) is 33.6 Å². The molecule has 33 heavy (non-hydrogen) atoms. The van der Waals surface area contributed by atoms with Gasteiger partial charge >= 0.3 is 0 Å². The Bertz CT molecular complexity index is 1410. The van der Waals surface area contributed by atoms with E-state index in [1.54, 1.807) is 24.3 Å². The van der Waals surface area contributed by atoms with E-state index in [2.05, 4.69) is 32.6 Å². The Morgan fingerprint density at radius 2 is 1.88 bits per heavy atom. The molecule has 0 aliphatic heterocycles. The Balaban J connectivity index is 1.45. The largest absolute Gasteiger partial charge is 0.485 e. The van der Waals surface area contributed by atoms with E-state index in [9.17, 15) is 9.59 Å². The van der Waals surface area contributed by atoms with Gasteiger partial charge in [0, 0.05) is 39.6 Å². The van der Waals surface area contributed by atoms with Crippen LogP contribution in [0.2, 0.25) is 5.02 Å². The summed E-state index contributed by atoms with van der Waals surface area (Å²) in [5.41, 5.74) is 8.79. The van der Waals surface area contributed by atoms with Crippen molar-refractivity contribution in [2.75, 3.05) is 11.9 Å². The fourth-order valence-electron chi connectivity index (χ4n) is 4.26. The predicted octanol–water partition coefficient (Wildman–Crippen LogP) is 6.08. The van der Waals surface area contributed by atoms with Gasteiger partial charge in [-0.25, -0.2) is 0 Å². The number of aryl methyl sites for hydroxylation is 1. The fraction of sp³-hybridized carbons (Fsp3) is 0.231. The number of aromatic nitrogens is 1. The number of ether oxygens (including phenoxy) is 1. The Kier molecular flexibility index (Phi) is 5.89. The molecule has 1 fully saturated rings. The van der Waals surface area contributed by atoms with Gasteiger partial charge in [0.25, 0.3) is 5.91 Å². The second-order valence-electron chi connectivity index (χ2n) is 8.39. The summed E-state index contributed by atoms with van der Waals surface area (Å²) in [6, 6.07) is 15.1. The Labute approximate surface area is 204 Å². The minimum absolute atomic E-state index is 0.154. The number of nitrogens with two attached hydrogens (primary N) is 1. The highest BCUT2D eigenvalue weighted by Crippen LogP contribution is 2.41. The molecule has 5 rings (SSSR count). The van der Waals surface area contributed by atoms with E-state index >= 15 is 0 Å². The van der Waals surface area contributed by atoms with Gasteiger partial charge in [0.05, 0.1) is 5.56 Å². The number of amides is 1. The first kappa shape index (κ1) is 22.0. The smallest absolute Gasteiger partial charge is 0.252 e. The number of fused-ring (bicyclic) bond motifs is 2. The predicted molar refractivity (Wildman–Crippen MR) is 135 cm³/mol. The lowest BCUT2D eigenvalue weighted by Crippen LogP contribution is -2.16. The molecule has 0 radical (unpaired) electrons. The van der Waals surface area contributed by atoms with Crippen molar-refractivity contribution in [3.8, 4) is 5.75 Å². The minimum atomic E-state index is -0.624.